The second-order valence-corrected chi connectivity index (χ2v) is 2.81. The highest BCUT2D eigenvalue weighted by molar-refractivity contribution is 7.80. The number of unbranched alkanes of at least 4 members (excludes halogenated alkanes) is 2. The molecule has 0 spiro atoms. The van der Waals surface area contributed by atoms with Gasteiger partial charge in [0.15, 0.2) is 0 Å². The van der Waals surface area contributed by atoms with Gasteiger partial charge in [-0.2, -0.15) is 12.6 Å². The van der Waals surface area contributed by atoms with E-state index in [1.807, 2.05) is 0 Å². The molecule has 0 radical (unpaired) electrons. The molecule has 0 rings (SSSR count). The van der Waals surface area contributed by atoms with Crippen LogP contribution in [-0.4, -0.2) is 18.3 Å². The van der Waals surface area contributed by atoms with Crippen LogP contribution in [0.2, 0.25) is 0 Å². The first-order valence-corrected chi connectivity index (χ1v) is 4.71. The average Bonchev–Trinajstić information content (AvgIpc) is 2.04. The number of hydrogen-bond acceptors (Lipinski definition) is 3. The summed E-state index contributed by atoms with van der Waals surface area (Å²) in [7, 11) is 0. The second kappa shape index (κ2) is 7.92. The van der Waals surface area contributed by atoms with E-state index in [9.17, 15) is 4.79 Å². The molecule has 0 fully saturated rings. The maximum atomic E-state index is 10.6. The Morgan fingerprint density at radius 1 is 1.36 bits per heavy atom. The molecule has 3 heteroatoms. The lowest BCUT2D eigenvalue weighted by molar-refractivity contribution is -0.143. The Kier molecular flexibility index (Phi) is 7.79. The molecule has 0 aliphatic carbocycles. The number of hydrogen-bond donors (Lipinski definition) is 1. The maximum absolute atomic E-state index is 10.6. The molecular weight excluding hydrogens is 160 g/mol. The van der Waals surface area contributed by atoms with E-state index in [0.29, 0.717) is 13.0 Å². The Balaban J connectivity index is 2.95. The Labute approximate surface area is 73.7 Å². The molecule has 11 heavy (non-hydrogen) atoms. The van der Waals surface area contributed by atoms with Crippen LogP contribution >= 0.6 is 12.6 Å². The van der Waals surface area contributed by atoms with Crippen LogP contribution in [0.3, 0.4) is 0 Å². The molecule has 0 aliphatic rings. The molecule has 0 saturated heterocycles. The minimum Gasteiger partial charge on any atom is -0.466 e. The van der Waals surface area contributed by atoms with Crippen molar-refractivity contribution in [1.82, 2.24) is 0 Å². The van der Waals surface area contributed by atoms with Gasteiger partial charge in [-0.1, -0.05) is 6.92 Å². The molecule has 0 bridgehead atoms. The summed E-state index contributed by atoms with van der Waals surface area (Å²) in [6, 6.07) is 0. The summed E-state index contributed by atoms with van der Waals surface area (Å²) in [5.41, 5.74) is 0. The van der Waals surface area contributed by atoms with Gasteiger partial charge in [0, 0.05) is 6.42 Å². The lowest BCUT2D eigenvalue weighted by atomic mass is 10.3. The van der Waals surface area contributed by atoms with Gasteiger partial charge in [0.1, 0.15) is 0 Å². The normalized spacial score (nSPS) is 9.64. The van der Waals surface area contributed by atoms with Gasteiger partial charge in [-0.05, 0) is 25.0 Å². The van der Waals surface area contributed by atoms with Crippen molar-refractivity contribution in [2.75, 3.05) is 12.4 Å². The van der Waals surface area contributed by atoms with Gasteiger partial charge in [-0.3, -0.25) is 4.79 Å². The number of esters is 1. The summed E-state index contributed by atoms with van der Waals surface area (Å²) in [6.45, 7) is 2.37. The zero-order valence-corrected chi connectivity index (χ0v) is 7.90. The third-order valence-corrected chi connectivity index (χ3v) is 1.67. The highest BCUT2D eigenvalue weighted by Crippen LogP contribution is 1.97. The standard InChI is InChI=1S/C8H16O2S/c1-2-8(9)10-6-4-3-5-7-11/h11H,2-7H2,1H3. The van der Waals surface area contributed by atoms with Crippen molar-refractivity contribution in [3.05, 3.63) is 0 Å². The SMILES string of the molecule is CCC(=O)OCCCCCS. The van der Waals surface area contributed by atoms with Crippen LogP contribution in [0.5, 0.6) is 0 Å². The summed E-state index contributed by atoms with van der Waals surface area (Å²) in [5.74, 6) is 0.817. The van der Waals surface area contributed by atoms with Gasteiger partial charge in [-0.25, -0.2) is 0 Å². The molecule has 0 atom stereocenters. The van der Waals surface area contributed by atoms with Crippen LogP contribution in [0, 0.1) is 0 Å². The molecule has 0 aromatic heterocycles. The average molecular weight is 176 g/mol. The van der Waals surface area contributed by atoms with E-state index in [1.165, 1.54) is 0 Å². The molecule has 0 unspecified atom stereocenters. The number of carbonyl (C=O) groups excluding carboxylic acids is 1. The zero-order chi connectivity index (χ0) is 8.53. The maximum Gasteiger partial charge on any atom is 0.305 e. The first kappa shape index (κ1) is 10.8. The Bertz CT molecular complexity index is 104. The van der Waals surface area contributed by atoms with Crippen molar-refractivity contribution in [3.63, 3.8) is 0 Å². The molecule has 0 heterocycles. The van der Waals surface area contributed by atoms with Crippen LogP contribution in [0.4, 0.5) is 0 Å². The number of thiol groups is 1. The minimum atomic E-state index is -0.101. The first-order valence-electron chi connectivity index (χ1n) is 4.07. The lowest BCUT2D eigenvalue weighted by Gasteiger charge is -2.01. The van der Waals surface area contributed by atoms with Crippen molar-refractivity contribution in [2.45, 2.75) is 32.6 Å². The van der Waals surface area contributed by atoms with Crippen LogP contribution in [-0.2, 0) is 9.53 Å². The summed E-state index contributed by atoms with van der Waals surface area (Å²) in [4.78, 5) is 10.6. The highest BCUT2D eigenvalue weighted by Gasteiger charge is 1.96. The first-order chi connectivity index (χ1) is 5.31. The molecule has 0 amide bonds. The van der Waals surface area contributed by atoms with Crippen molar-refractivity contribution in [3.8, 4) is 0 Å². The summed E-state index contributed by atoms with van der Waals surface area (Å²) >= 11 is 4.07. The fraction of sp³-hybridized carbons (Fsp3) is 0.875. The largest absolute Gasteiger partial charge is 0.466 e. The van der Waals surface area contributed by atoms with Gasteiger partial charge in [0.2, 0.25) is 0 Å². The third kappa shape index (κ3) is 7.72. The van der Waals surface area contributed by atoms with Crippen molar-refractivity contribution in [2.24, 2.45) is 0 Å². The Morgan fingerprint density at radius 3 is 2.64 bits per heavy atom. The van der Waals surface area contributed by atoms with Crippen molar-refractivity contribution in [1.29, 1.82) is 0 Å². The van der Waals surface area contributed by atoms with Crippen LogP contribution in [0.1, 0.15) is 32.6 Å². The van der Waals surface area contributed by atoms with E-state index >= 15 is 0 Å². The smallest absolute Gasteiger partial charge is 0.305 e. The summed E-state index contributed by atoms with van der Waals surface area (Å²) in [5, 5.41) is 0. The van der Waals surface area contributed by atoms with Crippen LogP contribution in [0.15, 0.2) is 0 Å². The monoisotopic (exact) mass is 176 g/mol. The van der Waals surface area contributed by atoms with E-state index < -0.39 is 0 Å². The molecule has 0 aromatic carbocycles. The lowest BCUT2D eigenvalue weighted by Crippen LogP contribution is -2.03. The zero-order valence-electron chi connectivity index (χ0n) is 7.01. The van der Waals surface area contributed by atoms with Crippen molar-refractivity contribution >= 4 is 18.6 Å². The molecule has 0 aliphatic heterocycles. The van der Waals surface area contributed by atoms with E-state index in [4.69, 9.17) is 4.74 Å². The Morgan fingerprint density at radius 2 is 2.09 bits per heavy atom. The van der Waals surface area contributed by atoms with E-state index in [0.717, 1.165) is 25.0 Å². The molecular formula is C8H16O2S. The summed E-state index contributed by atoms with van der Waals surface area (Å²) in [6.07, 6.45) is 3.64. The van der Waals surface area contributed by atoms with E-state index in [-0.39, 0.29) is 5.97 Å². The second-order valence-electron chi connectivity index (χ2n) is 2.36. The molecule has 0 N–H and O–H groups in total. The van der Waals surface area contributed by atoms with Crippen LogP contribution in [0.25, 0.3) is 0 Å². The van der Waals surface area contributed by atoms with E-state index in [2.05, 4.69) is 12.6 Å². The van der Waals surface area contributed by atoms with E-state index in [1.54, 1.807) is 6.92 Å². The summed E-state index contributed by atoms with van der Waals surface area (Å²) < 4.78 is 4.87. The Hall–Kier alpha value is -0.180. The predicted octanol–water partition coefficient (Wildman–Crippen LogP) is 2.04. The van der Waals surface area contributed by atoms with Crippen LogP contribution < -0.4 is 0 Å². The predicted molar refractivity (Wildman–Crippen MR) is 49.0 cm³/mol. The van der Waals surface area contributed by atoms with Gasteiger partial charge < -0.3 is 4.74 Å². The number of rotatable bonds is 6. The topological polar surface area (TPSA) is 26.3 Å². The number of carbonyl (C=O) groups is 1. The van der Waals surface area contributed by atoms with Gasteiger partial charge >= 0.3 is 5.97 Å². The quantitative estimate of drug-likeness (QED) is 0.381. The minimum absolute atomic E-state index is 0.101. The highest BCUT2D eigenvalue weighted by atomic mass is 32.1. The van der Waals surface area contributed by atoms with Gasteiger partial charge in [0.05, 0.1) is 6.61 Å². The number of ether oxygens (including phenoxy) is 1. The van der Waals surface area contributed by atoms with Gasteiger partial charge in [-0.15, -0.1) is 0 Å². The molecule has 0 aromatic rings. The molecule has 66 valence electrons. The fourth-order valence-corrected chi connectivity index (χ4v) is 0.902. The molecule has 0 saturated carbocycles. The third-order valence-electron chi connectivity index (χ3n) is 1.35. The van der Waals surface area contributed by atoms with Crippen molar-refractivity contribution < 1.29 is 9.53 Å². The molecule has 2 nitrogen and oxygen atoms in total. The van der Waals surface area contributed by atoms with Gasteiger partial charge in [0.25, 0.3) is 0 Å². The fourth-order valence-electron chi connectivity index (χ4n) is 0.679.